The van der Waals surface area contributed by atoms with Crippen molar-refractivity contribution in [1.29, 1.82) is 0 Å². The number of aliphatic hydroxyl groups excluding tert-OH is 1. The van der Waals surface area contributed by atoms with Crippen LogP contribution in [0.15, 0.2) is 0 Å². The van der Waals surface area contributed by atoms with Gasteiger partial charge in [-0.2, -0.15) is 0 Å². The van der Waals surface area contributed by atoms with Gasteiger partial charge in [0.1, 0.15) is 0 Å². The van der Waals surface area contributed by atoms with Crippen LogP contribution in [-0.2, 0) is 9.59 Å². The van der Waals surface area contributed by atoms with Crippen molar-refractivity contribution in [2.24, 2.45) is 23.5 Å². The number of carbonyl (C=O) groups is 2. The first kappa shape index (κ1) is 16.9. The number of amides is 1. The average molecular weight is 286 g/mol. The Morgan fingerprint density at radius 3 is 2.25 bits per heavy atom. The molecule has 5 N–H and O–H groups in total. The summed E-state index contributed by atoms with van der Waals surface area (Å²) in [5.74, 6) is -2.29. The molecule has 0 aromatic heterocycles. The number of hydrogen-bond acceptors (Lipinski definition) is 4. The molecule has 1 aliphatic rings. The zero-order valence-electron chi connectivity index (χ0n) is 12.4. The fourth-order valence-electron chi connectivity index (χ4n) is 3.40. The lowest BCUT2D eigenvalue weighted by molar-refractivity contribution is -0.145. The Kier molecular flexibility index (Phi) is 5.95. The van der Waals surface area contributed by atoms with Gasteiger partial charge in [0, 0.05) is 24.9 Å². The van der Waals surface area contributed by atoms with E-state index >= 15 is 0 Å². The Hall–Kier alpha value is -1.14. The number of nitrogens with one attached hydrogen (secondary N) is 1. The van der Waals surface area contributed by atoms with E-state index in [4.69, 9.17) is 10.8 Å². The molecule has 1 amide bonds. The third kappa shape index (κ3) is 3.49. The van der Waals surface area contributed by atoms with Crippen molar-refractivity contribution in [3.63, 3.8) is 0 Å². The van der Waals surface area contributed by atoms with Crippen LogP contribution in [0.2, 0.25) is 0 Å². The summed E-state index contributed by atoms with van der Waals surface area (Å²) < 4.78 is 0. The minimum absolute atomic E-state index is 0.178. The van der Waals surface area contributed by atoms with Crippen molar-refractivity contribution < 1.29 is 19.8 Å². The van der Waals surface area contributed by atoms with Gasteiger partial charge in [-0.25, -0.2) is 0 Å². The number of hydrogen-bond donors (Lipinski definition) is 4. The molecule has 0 spiro atoms. The third-order valence-corrected chi connectivity index (χ3v) is 4.49. The summed E-state index contributed by atoms with van der Waals surface area (Å²) in [6.07, 6.45) is 0.918. The summed E-state index contributed by atoms with van der Waals surface area (Å²) in [5, 5.41) is 22.3. The normalized spacial score (nSPS) is 31.3. The van der Waals surface area contributed by atoms with Gasteiger partial charge in [-0.15, -0.1) is 0 Å². The number of nitrogens with two attached hydrogens (primary N) is 1. The van der Waals surface area contributed by atoms with Gasteiger partial charge in [-0.1, -0.05) is 26.7 Å². The molecule has 0 radical (unpaired) electrons. The predicted molar refractivity (Wildman–Crippen MR) is 74.9 cm³/mol. The first-order valence-electron chi connectivity index (χ1n) is 7.26. The van der Waals surface area contributed by atoms with Crippen LogP contribution in [0.5, 0.6) is 0 Å². The first-order chi connectivity index (χ1) is 9.33. The van der Waals surface area contributed by atoms with Crippen LogP contribution in [0.3, 0.4) is 0 Å². The van der Waals surface area contributed by atoms with Gasteiger partial charge in [0.05, 0.1) is 12.0 Å². The molecule has 6 nitrogen and oxygen atoms in total. The van der Waals surface area contributed by atoms with Gasteiger partial charge in [0.15, 0.2) is 0 Å². The first-order valence-corrected chi connectivity index (χ1v) is 7.26. The molecule has 1 saturated carbocycles. The molecule has 0 bridgehead atoms. The maximum atomic E-state index is 11.4. The monoisotopic (exact) mass is 286 g/mol. The van der Waals surface area contributed by atoms with Crippen LogP contribution in [0.25, 0.3) is 0 Å². The molecule has 1 unspecified atom stereocenters. The SMILES string of the molecule is CCC(CC)C(NC(C)=O)[C@H]1[C@@H](O)[C@H](C(=O)O)C[C@@H]1N. The minimum Gasteiger partial charge on any atom is -0.481 e. The fraction of sp³-hybridized carbons (Fsp3) is 0.857. The number of carboxylic acid groups (broad SMARTS) is 1. The molecule has 20 heavy (non-hydrogen) atoms. The van der Waals surface area contributed by atoms with E-state index in [1.54, 1.807) is 0 Å². The highest BCUT2D eigenvalue weighted by molar-refractivity contribution is 5.74. The van der Waals surface area contributed by atoms with Crippen molar-refractivity contribution in [3.05, 3.63) is 0 Å². The highest BCUT2D eigenvalue weighted by atomic mass is 16.4. The Morgan fingerprint density at radius 1 is 1.35 bits per heavy atom. The standard InChI is InChI=1S/C14H26N2O4/c1-4-8(5-2)12(16-7(3)17)11-10(15)6-9(13(11)18)14(19)20/h8-13,18H,4-6,15H2,1-3H3,(H,16,17)(H,19,20)/t9-,10+,11+,12?,13+/m1/s1. The summed E-state index contributed by atoms with van der Waals surface area (Å²) in [7, 11) is 0. The maximum absolute atomic E-state index is 11.4. The number of aliphatic carboxylic acids is 1. The van der Waals surface area contributed by atoms with Gasteiger partial charge in [0.2, 0.25) is 5.91 Å². The van der Waals surface area contributed by atoms with Gasteiger partial charge in [-0.3, -0.25) is 9.59 Å². The molecule has 1 aliphatic carbocycles. The van der Waals surface area contributed by atoms with E-state index in [0.717, 1.165) is 12.8 Å². The smallest absolute Gasteiger partial charge is 0.309 e. The second-order valence-electron chi connectivity index (χ2n) is 5.72. The van der Waals surface area contributed by atoms with E-state index in [-0.39, 0.29) is 24.3 Å². The highest BCUT2D eigenvalue weighted by Crippen LogP contribution is 2.36. The molecular weight excluding hydrogens is 260 g/mol. The van der Waals surface area contributed by atoms with Crippen LogP contribution < -0.4 is 11.1 Å². The van der Waals surface area contributed by atoms with Crippen molar-refractivity contribution in [1.82, 2.24) is 5.32 Å². The van der Waals surface area contributed by atoms with Crippen LogP contribution in [0.1, 0.15) is 40.0 Å². The van der Waals surface area contributed by atoms with E-state index in [2.05, 4.69) is 5.32 Å². The largest absolute Gasteiger partial charge is 0.481 e. The van der Waals surface area contributed by atoms with Crippen LogP contribution in [0, 0.1) is 17.8 Å². The summed E-state index contributed by atoms with van der Waals surface area (Å²) in [6.45, 7) is 5.46. The molecule has 0 heterocycles. The molecular formula is C14H26N2O4. The predicted octanol–water partition coefficient (Wildman–Crippen LogP) is 0.336. The van der Waals surface area contributed by atoms with E-state index in [0.29, 0.717) is 0 Å². The zero-order valence-corrected chi connectivity index (χ0v) is 12.4. The Labute approximate surface area is 119 Å². The van der Waals surface area contributed by atoms with Gasteiger partial charge in [0.25, 0.3) is 0 Å². The Morgan fingerprint density at radius 2 is 1.90 bits per heavy atom. The maximum Gasteiger partial charge on any atom is 0.309 e. The lowest BCUT2D eigenvalue weighted by Crippen LogP contribution is -2.52. The quantitative estimate of drug-likeness (QED) is 0.562. The van der Waals surface area contributed by atoms with Crippen LogP contribution in [-0.4, -0.2) is 40.3 Å². The minimum atomic E-state index is -1.03. The van der Waals surface area contributed by atoms with Crippen molar-refractivity contribution in [3.8, 4) is 0 Å². The number of rotatable bonds is 6. The molecule has 116 valence electrons. The number of carboxylic acids is 1. The average Bonchev–Trinajstić information content (AvgIpc) is 2.65. The summed E-state index contributed by atoms with van der Waals surface area (Å²) in [6, 6.07) is -0.694. The van der Waals surface area contributed by atoms with Crippen LogP contribution in [0.4, 0.5) is 0 Å². The number of carbonyl (C=O) groups excluding carboxylic acids is 1. The van der Waals surface area contributed by atoms with Crippen LogP contribution >= 0.6 is 0 Å². The summed E-state index contributed by atoms with van der Waals surface area (Å²) in [4.78, 5) is 22.6. The molecule has 1 rings (SSSR count). The van der Waals surface area contributed by atoms with Crippen molar-refractivity contribution in [2.45, 2.75) is 58.2 Å². The molecule has 0 aromatic rings. The molecule has 6 heteroatoms. The van der Waals surface area contributed by atoms with E-state index in [1.165, 1.54) is 6.92 Å². The Bertz CT molecular complexity index is 357. The Balaban J connectivity index is 3.00. The van der Waals surface area contributed by atoms with Crippen molar-refractivity contribution >= 4 is 11.9 Å². The van der Waals surface area contributed by atoms with Gasteiger partial charge >= 0.3 is 5.97 Å². The van der Waals surface area contributed by atoms with E-state index in [9.17, 15) is 14.7 Å². The molecule has 1 fully saturated rings. The fourth-order valence-corrected chi connectivity index (χ4v) is 3.40. The molecule has 0 aromatic carbocycles. The molecule has 0 aliphatic heterocycles. The second kappa shape index (κ2) is 7.04. The molecule has 5 atom stereocenters. The van der Waals surface area contributed by atoms with E-state index in [1.807, 2.05) is 13.8 Å². The topological polar surface area (TPSA) is 113 Å². The number of aliphatic hydroxyl groups is 1. The van der Waals surface area contributed by atoms with Gasteiger partial charge < -0.3 is 21.3 Å². The highest BCUT2D eigenvalue weighted by Gasteiger charge is 2.49. The lowest BCUT2D eigenvalue weighted by Gasteiger charge is -2.35. The van der Waals surface area contributed by atoms with E-state index < -0.39 is 30.0 Å². The summed E-state index contributed by atoms with van der Waals surface area (Å²) >= 11 is 0. The summed E-state index contributed by atoms with van der Waals surface area (Å²) in [5.41, 5.74) is 6.05. The lowest BCUT2D eigenvalue weighted by atomic mass is 9.80. The zero-order chi connectivity index (χ0) is 15.4. The second-order valence-corrected chi connectivity index (χ2v) is 5.72. The van der Waals surface area contributed by atoms with Crippen molar-refractivity contribution in [2.75, 3.05) is 0 Å². The van der Waals surface area contributed by atoms with Gasteiger partial charge in [-0.05, 0) is 12.3 Å². The third-order valence-electron chi connectivity index (χ3n) is 4.49. The molecule has 0 saturated heterocycles.